The minimum Gasteiger partial charge on any atom is -0.356 e. The molecule has 2 unspecified atom stereocenters. The summed E-state index contributed by atoms with van der Waals surface area (Å²) in [6.45, 7) is 3.01. The average molecular weight is 338 g/mol. The van der Waals surface area contributed by atoms with Crippen molar-refractivity contribution >= 4 is 21.8 Å². The molecule has 0 radical (unpaired) electrons. The maximum absolute atomic E-state index is 12.3. The molecule has 2 rings (SSSR count). The molecule has 0 aromatic heterocycles. The highest BCUT2D eigenvalue weighted by molar-refractivity contribution is 9.09. The predicted molar refractivity (Wildman–Crippen MR) is 87.2 cm³/mol. The molecule has 2 nitrogen and oxygen atoms in total. The first kappa shape index (κ1) is 15.6. The van der Waals surface area contributed by atoms with Gasteiger partial charge in [-0.1, -0.05) is 53.5 Å². The van der Waals surface area contributed by atoms with Crippen LogP contribution in [0.15, 0.2) is 24.3 Å². The van der Waals surface area contributed by atoms with E-state index in [1.807, 2.05) is 0 Å². The van der Waals surface area contributed by atoms with Gasteiger partial charge in [-0.25, -0.2) is 0 Å². The van der Waals surface area contributed by atoms with Crippen LogP contribution in [0.25, 0.3) is 0 Å². The van der Waals surface area contributed by atoms with E-state index in [1.54, 1.807) is 0 Å². The lowest BCUT2D eigenvalue weighted by molar-refractivity contribution is -0.125. The highest BCUT2D eigenvalue weighted by Crippen LogP contribution is 2.25. The minimum absolute atomic E-state index is 0.159. The Bertz CT molecular complexity index is 446. The Morgan fingerprint density at radius 2 is 2.15 bits per heavy atom. The van der Waals surface area contributed by atoms with Crippen LogP contribution in [-0.2, 0) is 17.6 Å². The van der Waals surface area contributed by atoms with Gasteiger partial charge in [-0.05, 0) is 42.7 Å². The van der Waals surface area contributed by atoms with E-state index >= 15 is 0 Å². The van der Waals surface area contributed by atoms with E-state index in [2.05, 4.69) is 52.4 Å². The van der Waals surface area contributed by atoms with Gasteiger partial charge in [0.05, 0.1) is 0 Å². The quantitative estimate of drug-likeness (QED) is 0.787. The number of hydrogen-bond acceptors (Lipinski definition) is 1. The van der Waals surface area contributed by atoms with Crippen molar-refractivity contribution in [2.45, 2.75) is 39.0 Å². The third-order valence-corrected chi connectivity index (χ3v) is 4.84. The van der Waals surface area contributed by atoms with Crippen LogP contribution in [0.5, 0.6) is 0 Å². The van der Waals surface area contributed by atoms with Crippen molar-refractivity contribution in [2.24, 2.45) is 11.8 Å². The van der Waals surface area contributed by atoms with Gasteiger partial charge in [0.25, 0.3) is 0 Å². The number of fused-ring (bicyclic) bond motifs is 1. The van der Waals surface area contributed by atoms with Gasteiger partial charge in [0, 0.05) is 17.8 Å². The van der Waals surface area contributed by atoms with E-state index in [-0.39, 0.29) is 11.8 Å². The Morgan fingerprint density at radius 3 is 2.85 bits per heavy atom. The second-order valence-corrected chi connectivity index (χ2v) is 6.50. The first-order valence-corrected chi connectivity index (χ1v) is 8.77. The summed E-state index contributed by atoms with van der Waals surface area (Å²) in [5, 5.41) is 4.17. The SMILES string of the molecule is CCC(CCBr)CNC(=O)C1CCc2ccccc2C1. The molecular formula is C17H24BrNO. The summed E-state index contributed by atoms with van der Waals surface area (Å²) < 4.78 is 0. The molecule has 0 bridgehead atoms. The van der Waals surface area contributed by atoms with Crippen molar-refractivity contribution in [2.75, 3.05) is 11.9 Å². The van der Waals surface area contributed by atoms with Crippen molar-refractivity contribution in [3.05, 3.63) is 35.4 Å². The molecule has 0 saturated carbocycles. The first-order valence-electron chi connectivity index (χ1n) is 7.65. The number of amides is 1. The van der Waals surface area contributed by atoms with Gasteiger partial charge >= 0.3 is 0 Å². The molecule has 1 aliphatic carbocycles. The van der Waals surface area contributed by atoms with E-state index in [4.69, 9.17) is 0 Å². The maximum atomic E-state index is 12.3. The maximum Gasteiger partial charge on any atom is 0.223 e. The van der Waals surface area contributed by atoms with Gasteiger partial charge in [0.2, 0.25) is 5.91 Å². The van der Waals surface area contributed by atoms with E-state index in [1.165, 1.54) is 11.1 Å². The summed E-state index contributed by atoms with van der Waals surface area (Å²) >= 11 is 3.48. The fraction of sp³-hybridized carbons (Fsp3) is 0.588. The zero-order valence-corrected chi connectivity index (χ0v) is 13.8. The summed E-state index contributed by atoms with van der Waals surface area (Å²) in [6.07, 6.45) is 5.17. The highest BCUT2D eigenvalue weighted by Gasteiger charge is 2.24. The Hall–Kier alpha value is -0.830. The van der Waals surface area contributed by atoms with Crippen molar-refractivity contribution in [1.82, 2.24) is 5.32 Å². The third kappa shape index (κ3) is 4.08. The number of hydrogen-bond donors (Lipinski definition) is 1. The van der Waals surface area contributed by atoms with E-state index in [0.717, 1.165) is 44.0 Å². The number of carbonyl (C=O) groups is 1. The van der Waals surface area contributed by atoms with E-state index in [9.17, 15) is 4.79 Å². The number of benzene rings is 1. The molecule has 1 aromatic carbocycles. The molecule has 1 amide bonds. The largest absolute Gasteiger partial charge is 0.356 e. The summed E-state index contributed by atoms with van der Waals surface area (Å²) in [6, 6.07) is 8.51. The van der Waals surface area contributed by atoms with Gasteiger partial charge in [-0.3, -0.25) is 4.79 Å². The fourth-order valence-corrected chi connectivity index (χ4v) is 3.56. The molecule has 3 heteroatoms. The topological polar surface area (TPSA) is 29.1 Å². The standard InChI is InChI=1S/C17H24BrNO/c1-2-13(9-10-18)12-19-17(20)16-8-7-14-5-3-4-6-15(14)11-16/h3-6,13,16H,2,7-12H2,1H3,(H,19,20). The molecule has 0 aliphatic heterocycles. The average Bonchev–Trinajstić information content (AvgIpc) is 2.50. The molecule has 0 heterocycles. The predicted octanol–water partition coefficient (Wildman–Crippen LogP) is 3.72. The molecule has 110 valence electrons. The summed E-state index contributed by atoms with van der Waals surface area (Å²) in [7, 11) is 0. The van der Waals surface area contributed by atoms with Crippen LogP contribution >= 0.6 is 15.9 Å². The summed E-state index contributed by atoms with van der Waals surface area (Å²) in [5.74, 6) is 0.994. The zero-order valence-electron chi connectivity index (χ0n) is 12.2. The van der Waals surface area contributed by atoms with E-state index < -0.39 is 0 Å². The molecule has 20 heavy (non-hydrogen) atoms. The van der Waals surface area contributed by atoms with Crippen LogP contribution in [-0.4, -0.2) is 17.8 Å². The van der Waals surface area contributed by atoms with Crippen LogP contribution < -0.4 is 5.32 Å². The molecule has 1 aliphatic rings. The number of carbonyl (C=O) groups excluding carboxylic acids is 1. The lowest BCUT2D eigenvalue weighted by Gasteiger charge is -2.24. The molecule has 0 spiro atoms. The fourth-order valence-electron chi connectivity index (χ4n) is 2.92. The van der Waals surface area contributed by atoms with Crippen LogP contribution in [0.1, 0.15) is 37.3 Å². The van der Waals surface area contributed by atoms with Gasteiger partial charge < -0.3 is 5.32 Å². The summed E-state index contributed by atoms with van der Waals surface area (Å²) in [4.78, 5) is 12.3. The van der Waals surface area contributed by atoms with Gasteiger partial charge in [0.1, 0.15) is 0 Å². The molecule has 0 fully saturated rings. The number of alkyl halides is 1. The van der Waals surface area contributed by atoms with Crippen molar-refractivity contribution in [1.29, 1.82) is 0 Å². The van der Waals surface area contributed by atoms with Gasteiger partial charge in [-0.2, -0.15) is 0 Å². The Kier molecular flexibility index (Phi) is 6.08. The van der Waals surface area contributed by atoms with Gasteiger partial charge in [0.15, 0.2) is 0 Å². The Morgan fingerprint density at radius 1 is 1.40 bits per heavy atom. The summed E-state index contributed by atoms with van der Waals surface area (Å²) in [5.41, 5.74) is 2.77. The zero-order chi connectivity index (χ0) is 14.4. The second-order valence-electron chi connectivity index (χ2n) is 5.71. The third-order valence-electron chi connectivity index (χ3n) is 4.38. The number of halogens is 1. The molecule has 0 saturated heterocycles. The Balaban J connectivity index is 1.85. The lowest BCUT2D eigenvalue weighted by atomic mass is 9.83. The Labute approximate surface area is 130 Å². The molecular weight excluding hydrogens is 314 g/mol. The lowest BCUT2D eigenvalue weighted by Crippen LogP contribution is -2.36. The second kappa shape index (κ2) is 7.82. The number of nitrogens with one attached hydrogen (secondary N) is 1. The van der Waals surface area contributed by atoms with Crippen LogP contribution in [0.4, 0.5) is 0 Å². The van der Waals surface area contributed by atoms with Crippen molar-refractivity contribution in [3.8, 4) is 0 Å². The number of aryl methyl sites for hydroxylation is 1. The number of rotatable bonds is 6. The molecule has 1 aromatic rings. The smallest absolute Gasteiger partial charge is 0.223 e. The van der Waals surface area contributed by atoms with Crippen molar-refractivity contribution < 1.29 is 4.79 Å². The highest BCUT2D eigenvalue weighted by atomic mass is 79.9. The monoisotopic (exact) mass is 337 g/mol. The van der Waals surface area contributed by atoms with Crippen LogP contribution in [0, 0.1) is 11.8 Å². The van der Waals surface area contributed by atoms with E-state index in [0.29, 0.717) is 5.92 Å². The molecule has 2 atom stereocenters. The molecule has 1 N–H and O–H groups in total. The van der Waals surface area contributed by atoms with Crippen LogP contribution in [0.2, 0.25) is 0 Å². The normalized spacial score (nSPS) is 19.2. The van der Waals surface area contributed by atoms with Gasteiger partial charge in [-0.15, -0.1) is 0 Å². The van der Waals surface area contributed by atoms with Crippen LogP contribution in [0.3, 0.4) is 0 Å². The first-order chi connectivity index (χ1) is 9.74. The van der Waals surface area contributed by atoms with Crippen molar-refractivity contribution in [3.63, 3.8) is 0 Å². The minimum atomic E-state index is 0.159.